The van der Waals surface area contributed by atoms with Crippen molar-refractivity contribution >= 4 is 16.9 Å². The van der Waals surface area contributed by atoms with Gasteiger partial charge in [-0.3, -0.25) is 0 Å². The van der Waals surface area contributed by atoms with Gasteiger partial charge in [-0.25, -0.2) is 14.5 Å². The molecule has 0 saturated heterocycles. The fourth-order valence-corrected chi connectivity index (χ4v) is 3.07. The third-order valence-electron chi connectivity index (χ3n) is 4.50. The highest BCUT2D eigenvalue weighted by Crippen LogP contribution is 2.34. The number of rotatable bonds is 3. The highest BCUT2D eigenvalue weighted by molar-refractivity contribution is 5.99. The minimum Gasteiger partial charge on any atom is -0.465 e. The standard InChI is InChI=1S/C20H15F3N4O2/c1-26-10-17(24-11-26)27-16-9-13(19(28)29-2)5-8-15(16)18(25-27)12-3-6-14(7-4-12)20(21,22)23/h3-11H,1-2H3. The quantitative estimate of drug-likeness (QED) is 0.483. The number of methoxy groups -OCH3 is 1. The number of aryl methyl sites for hydroxylation is 1. The number of imidazole rings is 1. The van der Waals surface area contributed by atoms with Gasteiger partial charge in [-0.2, -0.15) is 18.3 Å². The Morgan fingerprint density at radius 1 is 1.10 bits per heavy atom. The molecule has 0 aliphatic rings. The van der Waals surface area contributed by atoms with Crippen LogP contribution in [-0.2, 0) is 18.0 Å². The fraction of sp³-hybridized carbons (Fsp3) is 0.150. The van der Waals surface area contributed by atoms with Crippen molar-refractivity contribution in [3.8, 4) is 17.1 Å². The molecule has 4 rings (SSSR count). The Bertz CT molecular complexity index is 1210. The van der Waals surface area contributed by atoms with Crippen molar-refractivity contribution in [1.82, 2.24) is 19.3 Å². The Hall–Kier alpha value is -3.62. The molecule has 2 aromatic carbocycles. The highest BCUT2D eigenvalue weighted by Gasteiger charge is 2.30. The van der Waals surface area contributed by atoms with E-state index in [1.807, 2.05) is 0 Å². The number of benzene rings is 2. The smallest absolute Gasteiger partial charge is 0.416 e. The van der Waals surface area contributed by atoms with Gasteiger partial charge in [-0.1, -0.05) is 12.1 Å². The minimum absolute atomic E-state index is 0.330. The predicted octanol–water partition coefficient (Wildman–Crippen LogP) is 4.23. The summed E-state index contributed by atoms with van der Waals surface area (Å²) in [6.45, 7) is 0. The summed E-state index contributed by atoms with van der Waals surface area (Å²) in [6.07, 6.45) is -1.07. The average Bonchev–Trinajstić information content (AvgIpc) is 3.29. The summed E-state index contributed by atoms with van der Waals surface area (Å²) in [5.41, 5.74) is 1.18. The molecule has 0 N–H and O–H groups in total. The van der Waals surface area contributed by atoms with Crippen molar-refractivity contribution in [2.45, 2.75) is 6.18 Å². The van der Waals surface area contributed by atoms with E-state index in [9.17, 15) is 18.0 Å². The van der Waals surface area contributed by atoms with E-state index in [4.69, 9.17) is 4.74 Å². The van der Waals surface area contributed by atoms with E-state index >= 15 is 0 Å². The number of hydrogen-bond donors (Lipinski definition) is 0. The maximum Gasteiger partial charge on any atom is 0.416 e. The number of halogens is 3. The summed E-state index contributed by atoms with van der Waals surface area (Å²) < 4.78 is 46.7. The zero-order chi connectivity index (χ0) is 20.8. The van der Waals surface area contributed by atoms with Gasteiger partial charge >= 0.3 is 12.1 Å². The first-order chi connectivity index (χ1) is 13.8. The summed E-state index contributed by atoms with van der Waals surface area (Å²) in [4.78, 5) is 16.2. The molecule has 0 radical (unpaired) electrons. The molecular formula is C20H15F3N4O2. The Morgan fingerprint density at radius 3 is 2.41 bits per heavy atom. The summed E-state index contributed by atoms with van der Waals surface area (Å²) in [5.74, 6) is 0.00873. The number of aromatic nitrogens is 4. The molecule has 0 fully saturated rings. The van der Waals surface area contributed by atoms with Crippen LogP contribution in [0.3, 0.4) is 0 Å². The first kappa shape index (κ1) is 18.7. The van der Waals surface area contributed by atoms with Gasteiger partial charge in [0.05, 0.1) is 30.1 Å². The maximum atomic E-state index is 12.9. The monoisotopic (exact) mass is 400 g/mol. The van der Waals surface area contributed by atoms with E-state index in [0.717, 1.165) is 12.1 Å². The maximum absolute atomic E-state index is 12.9. The molecule has 6 nitrogen and oxygen atoms in total. The number of esters is 1. The van der Waals surface area contributed by atoms with Crippen LogP contribution in [0.1, 0.15) is 15.9 Å². The minimum atomic E-state index is -4.41. The van der Waals surface area contributed by atoms with Crippen molar-refractivity contribution < 1.29 is 22.7 Å². The van der Waals surface area contributed by atoms with Gasteiger partial charge < -0.3 is 9.30 Å². The van der Waals surface area contributed by atoms with Crippen molar-refractivity contribution in [3.63, 3.8) is 0 Å². The molecule has 0 unspecified atom stereocenters. The Balaban J connectivity index is 1.91. The molecule has 29 heavy (non-hydrogen) atoms. The van der Waals surface area contributed by atoms with Crippen LogP contribution in [-0.4, -0.2) is 32.4 Å². The Labute approximate surface area is 163 Å². The lowest BCUT2D eigenvalue weighted by Crippen LogP contribution is -2.04. The van der Waals surface area contributed by atoms with E-state index in [1.54, 1.807) is 47.0 Å². The molecule has 0 saturated carbocycles. The number of hydrogen-bond acceptors (Lipinski definition) is 4. The van der Waals surface area contributed by atoms with Gasteiger partial charge in [-0.15, -0.1) is 0 Å². The lowest BCUT2D eigenvalue weighted by atomic mass is 10.0. The summed E-state index contributed by atoms with van der Waals surface area (Å²) >= 11 is 0. The topological polar surface area (TPSA) is 61.9 Å². The van der Waals surface area contributed by atoms with E-state index < -0.39 is 17.7 Å². The zero-order valence-electron chi connectivity index (χ0n) is 15.4. The lowest BCUT2D eigenvalue weighted by molar-refractivity contribution is -0.137. The molecule has 0 aliphatic carbocycles. The van der Waals surface area contributed by atoms with Crippen LogP contribution in [0.5, 0.6) is 0 Å². The largest absolute Gasteiger partial charge is 0.465 e. The number of nitrogens with zero attached hydrogens (tertiary/aromatic N) is 4. The SMILES string of the molecule is COC(=O)c1ccc2c(-c3ccc(C(F)(F)F)cc3)nn(-c3cn(C)cn3)c2c1. The number of fused-ring (bicyclic) bond motifs is 1. The second kappa shape index (κ2) is 6.77. The molecule has 0 atom stereocenters. The van der Waals surface area contributed by atoms with Crippen LogP contribution in [0.25, 0.3) is 28.0 Å². The first-order valence-electron chi connectivity index (χ1n) is 8.55. The van der Waals surface area contributed by atoms with Gasteiger partial charge in [0, 0.05) is 24.2 Å². The first-order valence-corrected chi connectivity index (χ1v) is 8.55. The summed E-state index contributed by atoms with van der Waals surface area (Å²) in [5, 5.41) is 5.24. The third kappa shape index (κ3) is 3.35. The highest BCUT2D eigenvalue weighted by atomic mass is 19.4. The number of carbonyl (C=O) groups is 1. The van der Waals surface area contributed by atoms with Crippen molar-refractivity contribution in [2.75, 3.05) is 7.11 Å². The summed E-state index contributed by atoms with van der Waals surface area (Å²) in [6, 6.07) is 9.69. The second-order valence-electron chi connectivity index (χ2n) is 6.46. The van der Waals surface area contributed by atoms with Crippen LogP contribution >= 0.6 is 0 Å². The molecule has 2 heterocycles. The summed E-state index contributed by atoms with van der Waals surface area (Å²) in [7, 11) is 3.09. The molecule has 0 amide bonds. The molecule has 0 bridgehead atoms. The number of alkyl halides is 3. The van der Waals surface area contributed by atoms with Crippen LogP contribution in [0.15, 0.2) is 55.0 Å². The van der Waals surface area contributed by atoms with Gasteiger partial charge in [0.25, 0.3) is 0 Å². The Morgan fingerprint density at radius 2 is 1.83 bits per heavy atom. The average molecular weight is 400 g/mol. The van der Waals surface area contributed by atoms with Crippen molar-refractivity contribution in [3.05, 3.63) is 66.1 Å². The van der Waals surface area contributed by atoms with Gasteiger partial charge in [0.15, 0.2) is 5.82 Å². The molecule has 0 spiro atoms. The van der Waals surface area contributed by atoms with E-state index in [0.29, 0.717) is 33.5 Å². The van der Waals surface area contributed by atoms with Crippen molar-refractivity contribution in [2.24, 2.45) is 7.05 Å². The van der Waals surface area contributed by atoms with Crippen LogP contribution in [0.2, 0.25) is 0 Å². The fourth-order valence-electron chi connectivity index (χ4n) is 3.07. The van der Waals surface area contributed by atoms with Crippen LogP contribution < -0.4 is 0 Å². The van der Waals surface area contributed by atoms with Gasteiger partial charge in [0.2, 0.25) is 0 Å². The van der Waals surface area contributed by atoms with Gasteiger partial charge in [-0.05, 0) is 30.3 Å². The number of carbonyl (C=O) groups excluding carboxylic acids is 1. The van der Waals surface area contributed by atoms with Crippen molar-refractivity contribution in [1.29, 1.82) is 0 Å². The molecular weight excluding hydrogens is 385 g/mol. The molecule has 148 valence electrons. The molecule has 9 heteroatoms. The van der Waals surface area contributed by atoms with Gasteiger partial charge in [0.1, 0.15) is 5.69 Å². The molecule has 0 aliphatic heterocycles. The molecule has 2 aromatic heterocycles. The zero-order valence-corrected chi connectivity index (χ0v) is 15.4. The third-order valence-corrected chi connectivity index (χ3v) is 4.50. The predicted molar refractivity (Wildman–Crippen MR) is 99.6 cm³/mol. The van der Waals surface area contributed by atoms with E-state index in [-0.39, 0.29) is 0 Å². The molecule has 4 aromatic rings. The van der Waals surface area contributed by atoms with Crippen LogP contribution in [0.4, 0.5) is 13.2 Å². The van der Waals surface area contributed by atoms with E-state index in [2.05, 4.69) is 10.1 Å². The number of ether oxygens (including phenoxy) is 1. The second-order valence-corrected chi connectivity index (χ2v) is 6.46. The van der Waals surface area contributed by atoms with Crippen LogP contribution in [0, 0.1) is 0 Å². The van der Waals surface area contributed by atoms with E-state index in [1.165, 1.54) is 19.2 Å². The lowest BCUT2D eigenvalue weighted by Gasteiger charge is -2.06. The normalized spacial score (nSPS) is 11.8. The Kier molecular flexibility index (Phi) is 4.37.